The molecule has 1 aromatic rings. The SMILES string of the molecule is Cc1ccc(Br)c(S(=O)[O-])c1C. The second-order valence-electron chi connectivity index (χ2n) is 2.55. The molecule has 12 heavy (non-hydrogen) atoms. The van der Waals surface area contributed by atoms with Crippen molar-refractivity contribution < 1.29 is 8.76 Å². The molecule has 1 rings (SSSR count). The monoisotopic (exact) mass is 247 g/mol. The fraction of sp³-hybridized carbons (Fsp3) is 0.250. The van der Waals surface area contributed by atoms with Crippen LogP contribution in [-0.2, 0) is 11.1 Å². The van der Waals surface area contributed by atoms with E-state index in [4.69, 9.17) is 0 Å². The van der Waals surface area contributed by atoms with Crippen LogP contribution < -0.4 is 0 Å². The number of aryl methyl sites for hydroxylation is 1. The molecule has 0 fully saturated rings. The summed E-state index contributed by atoms with van der Waals surface area (Å²) in [6, 6.07) is 3.63. The molecule has 1 atom stereocenters. The number of rotatable bonds is 1. The van der Waals surface area contributed by atoms with Gasteiger partial charge in [-0.05, 0) is 58.1 Å². The molecule has 0 amide bonds. The first-order valence-corrected chi connectivity index (χ1v) is 5.26. The Morgan fingerprint density at radius 1 is 1.42 bits per heavy atom. The molecule has 0 saturated carbocycles. The fourth-order valence-electron chi connectivity index (χ4n) is 0.962. The van der Waals surface area contributed by atoms with Gasteiger partial charge in [0.2, 0.25) is 0 Å². The van der Waals surface area contributed by atoms with Crippen LogP contribution in [0.5, 0.6) is 0 Å². The van der Waals surface area contributed by atoms with Crippen molar-refractivity contribution in [3.05, 3.63) is 27.7 Å². The van der Waals surface area contributed by atoms with Crippen LogP contribution in [0.25, 0.3) is 0 Å². The largest absolute Gasteiger partial charge is 0.768 e. The smallest absolute Gasteiger partial charge is 0.0422 e. The zero-order chi connectivity index (χ0) is 9.30. The fourth-order valence-corrected chi connectivity index (χ4v) is 2.43. The van der Waals surface area contributed by atoms with E-state index in [1.54, 1.807) is 13.0 Å². The molecule has 0 bridgehead atoms. The first kappa shape index (κ1) is 9.89. The van der Waals surface area contributed by atoms with Crippen molar-refractivity contribution in [2.75, 3.05) is 0 Å². The third kappa shape index (κ3) is 1.76. The molecule has 0 aliphatic heterocycles. The van der Waals surface area contributed by atoms with Crippen LogP contribution in [0.1, 0.15) is 11.1 Å². The van der Waals surface area contributed by atoms with Gasteiger partial charge in [-0.3, -0.25) is 4.21 Å². The van der Waals surface area contributed by atoms with Crippen LogP contribution in [0.2, 0.25) is 0 Å². The van der Waals surface area contributed by atoms with Gasteiger partial charge in [-0.25, -0.2) is 0 Å². The van der Waals surface area contributed by atoms with E-state index in [0.29, 0.717) is 9.37 Å². The summed E-state index contributed by atoms with van der Waals surface area (Å²) in [5.41, 5.74) is 1.79. The highest BCUT2D eigenvalue weighted by molar-refractivity contribution is 9.10. The minimum absolute atomic E-state index is 0.356. The van der Waals surface area contributed by atoms with Gasteiger partial charge in [0, 0.05) is 9.37 Å². The first-order chi connectivity index (χ1) is 5.54. The molecule has 4 heteroatoms. The topological polar surface area (TPSA) is 40.1 Å². The van der Waals surface area contributed by atoms with Crippen molar-refractivity contribution in [3.8, 4) is 0 Å². The maximum Gasteiger partial charge on any atom is 0.0422 e. The summed E-state index contributed by atoms with van der Waals surface area (Å²) >= 11 is 1.03. The van der Waals surface area contributed by atoms with Gasteiger partial charge in [0.15, 0.2) is 0 Å². The minimum atomic E-state index is -2.16. The highest BCUT2D eigenvalue weighted by Crippen LogP contribution is 2.25. The molecular weight excluding hydrogens is 240 g/mol. The van der Waals surface area contributed by atoms with E-state index in [2.05, 4.69) is 15.9 Å². The molecular formula is C8H8BrO2S-. The molecule has 0 radical (unpaired) electrons. The van der Waals surface area contributed by atoms with Gasteiger partial charge in [0.25, 0.3) is 0 Å². The Morgan fingerprint density at radius 3 is 2.42 bits per heavy atom. The molecule has 1 unspecified atom stereocenters. The predicted octanol–water partition coefficient (Wildman–Crippen LogP) is 2.30. The van der Waals surface area contributed by atoms with Crippen LogP contribution in [0.15, 0.2) is 21.5 Å². The molecule has 66 valence electrons. The summed E-state index contributed by atoms with van der Waals surface area (Å²) in [5.74, 6) is 0. The van der Waals surface area contributed by atoms with E-state index < -0.39 is 11.1 Å². The van der Waals surface area contributed by atoms with Crippen molar-refractivity contribution in [2.24, 2.45) is 0 Å². The lowest BCUT2D eigenvalue weighted by molar-refractivity contribution is 0.536. The van der Waals surface area contributed by atoms with Gasteiger partial charge < -0.3 is 4.55 Å². The van der Waals surface area contributed by atoms with Crippen LogP contribution >= 0.6 is 15.9 Å². The molecule has 0 heterocycles. The van der Waals surface area contributed by atoms with Crippen molar-refractivity contribution >= 4 is 27.0 Å². The zero-order valence-electron chi connectivity index (χ0n) is 6.76. The number of benzene rings is 1. The van der Waals surface area contributed by atoms with Crippen LogP contribution in [0.4, 0.5) is 0 Å². The summed E-state index contributed by atoms with van der Waals surface area (Å²) in [5, 5.41) is 0. The number of halogens is 1. The Labute approximate surface area is 82.4 Å². The van der Waals surface area contributed by atoms with Crippen molar-refractivity contribution in [1.29, 1.82) is 0 Å². The first-order valence-electron chi connectivity index (χ1n) is 3.39. The highest BCUT2D eigenvalue weighted by atomic mass is 79.9. The van der Waals surface area contributed by atoms with E-state index in [1.165, 1.54) is 0 Å². The van der Waals surface area contributed by atoms with Gasteiger partial charge in [0.1, 0.15) is 0 Å². The Balaban J connectivity index is 3.43. The molecule has 2 nitrogen and oxygen atoms in total. The number of hydrogen-bond donors (Lipinski definition) is 0. The van der Waals surface area contributed by atoms with Crippen LogP contribution in [-0.4, -0.2) is 8.76 Å². The average Bonchev–Trinajstić information content (AvgIpc) is 1.97. The lowest BCUT2D eigenvalue weighted by Crippen LogP contribution is -1.96. The Morgan fingerprint density at radius 2 is 2.00 bits per heavy atom. The normalized spacial score (nSPS) is 13.0. The van der Waals surface area contributed by atoms with E-state index in [1.807, 2.05) is 13.0 Å². The maximum atomic E-state index is 10.8. The second-order valence-corrected chi connectivity index (χ2v) is 4.29. The molecule has 0 aliphatic carbocycles. The summed E-state index contributed by atoms with van der Waals surface area (Å²) in [6.07, 6.45) is 0. The predicted molar refractivity (Wildman–Crippen MR) is 50.8 cm³/mol. The molecule has 0 aromatic heterocycles. The molecule has 1 aromatic carbocycles. The summed E-state index contributed by atoms with van der Waals surface area (Å²) in [7, 11) is 0. The average molecular weight is 248 g/mol. The van der Waals surface area contributed by atoms with Crippen molar-refractivity contribution in [3.63, 3.8) is 0 Å². The van der Waals surface area contributed by atoms with Crippen LogP contribution in [0.3, 0.4) is 0 Å². The molecule has 0 N–H and O–H groups in total. The summed E-state index contributed by atoms with van der Waals surface area (Å²) in [4.78, 5) is 0.356. The molecule has 0 saturated heterocycles. The Hall–Kier alpha value is -0.190. The van der Waals surface area contributed by atoms with Gasteiger partial charge in [-0.2, -0.15) is 0 Å². The van der Waals surface area contributed by atoms with Gasteiger partial charge in [-0.1, -0.05) is 6.07 Å². The van der Waals surface area contributed by atoms with Gasteiger partial charge in [-0.15, -0.1) is 0 Å². The molecule has 0 spiro atoms. The van der Waals surface area contributed by atoms with E-state index >= 15 is 0 Å². The lowest BCUT2D eigenvalue weighted by Gasteiger charge is -2.12. The summed E-state index contributed by atoms with van der Waals surface area (Å²) < 4.78 is 22.2. The quantitative estimate of drug-likeness (QED) is 0.715. The van der Waals surface area contributed by atoms with E-state index in [-0.39, 0.29) is 0 Å². The number of hydrogen-bond acceptors (Lipinski definition) is 2. The zero-order valence-corrected chi connectivity index (χ0v) is 9.16. The molecule has 0 aliphatic rings. The Bertz CT molecular complexity index is 336. The minimum Gasteiger partial charge on any atom is -0.768 e. The van der Waals surface area contributed by atoms with Gasteiger partial charge in [0.05, 0.1) is 0 Å². The highest BCUT2D eigenvalue weighted by Gasteiger charge is 2.05. The second kappa shape index (κ2) is 3.68. The van der Waals surface area contributed by atoms with E-state index in [9.17, 15) is 8.76 Å². The lowest BCUT2D eigenvalue weighted by atomic mass is 10.1. The van der Waals surface area contributed by atoms with E-state index in [0.717, 1.165) is 11.1 Å². The third-order valence-corrected chi connectivity index (χ3v) is 3.58. The Kier molecular flexibility index (Phi) is 3.04. The standard InChI is InChI=1S/C8H9BrO2S/c1-5-3-4-7(9)8(6(5)2)12(10)11/h3-4H,1-2H3,(H,10,11)/p-1. The van der Waals surface area contributed by atoms with Crippen molar-refractivity contribution in [1.82, 2.24) is 0 Å². The van der Waals surface area contributed by atoms with Gasteiger partial charge >= 0.3 is 0 Å². The third-order valence-electron chi connectivity index (χ3n) is 1.80. The van der Waals surface area contributed by atoms with Crippen LogP contribution in [0, 0.1) is 13.8 Å². The van der Waals surface area contributed by atoms with Crippen molar-refractivity contribution in [2.45, 2.75) is 18.7 Å². The summed E-state index contributed by atoms with van der Waals surface area (Å²) in [6.45, 7) is 3.68. The maximum absolute atomic E-state index is 10.8.